The predicted octanol–water partition coefficient (Wildman–Crippen LogP) is 9.92. The van der Waals surface area contributed by atoms with Crippen LogP contribution in [0.3, 0.4) is 0 Å². The summed E-state index contributed by atoms with van der Waals surface area (Å²) in [6.07, 6.45) is 39.0. The molecule has 0 aromatic carbocycles. The Balaban J connectivity index is 4.39. The van der Waals surface area contributed by atoms with Crippen LogP contribution in [0.1, 0.15) is 149 Å². The lowest BCUT2D eigenvalue weighted by atomic mass is 10.0. The molecule has 0 heterocycles. The summed E-state index contributed by atoms with van der Waals surface area (Å²) in [6.45, 7) is 3.66. The molecular formula is C39H70NO9P. The van der Waals surface area contributed by atoms with Gasteiger partial charge in [0.15, 0.2) is 0 Å². The number of carbonyl (C=O) groups excluding carboxylic acids is 1. The number of phosphoric ester groups is 1. The molecule has 0 spiro atoms. The summed E-state index contributed by atoms with van der Waals surface area (Å²) in [5, 5.41) is 8.86. The molecule has 0 aromatic heterocycles. The molecule has 290 valence electrons. The minimum atomic E-state index is -4.63. The number of unbranched alkanes of at least 4 members (excludes halogenated alkanes) is 14. The maximum atomic E-state index is 12.5. The van der Waals surface area contributed by atoms with Gasteiger partial charge in [-0.15, -0.1) is 0 Å². The Morgan fingerprint density at radius 3 is 1.62 bits per heavy atom. The second kappa shape index (κ2) is 35.3. The molecule has 0 saturated carbocycles. The summed E-state index contributed by atoms with van der Waals surface area (Å²) in [5.41, 5.74) is 5.33. The van der Waals surface area contributed by atoms with Gasteiger partial charge in [0, 0.05) is 13.0 Å². The quantitative estimate of drug-likeness (QED) is 0.0246. The molecule has 11 heteroatoms. The normalized spacial score (nSPS) is 14.6. The SMILES string of the molecule is CC/C=C\C/C=C\C/C=C\C/C=C\CCC(=O)OC(COCCCCCCCCCCCCCCCCC)COP(=O)(O)OCC(N)C(=O)O. The Bertz CT molecular complexity index is 983. The number of carboxylic acids is 1. The minimum Gasteiger partial charge on any atom is -0.480 e. The number of hydrogen-bond acceptors (Lipinski definition) is 8. The van der Waals surface area contributed by atoms with Gasteiger partial charge in [-0.25, -0.2) is 4.57 Å². The number of phosphoric acid groups is 1. The molecule has 50 heavy (non-hydrogen) atoms. The first-order valence-corrected chi connectivity index (χ1v) is 20.7. The molecule has 3 atom stereocenters. The van der Waals surface area contributed by atoms with Crippen molar-refractivity contribution in [1.82, 2.24) is 0 Å². The summed E-state index contributed by atoms with van der Waals surface area (Å²) in [5.74, 6) is -1.87. The Labute approximate surface area is 303 Å². The van der Waals surface area contributed by atoms with E-state index in [1.165, 1.54) is 77.0 Å². The molecule has 3 unspecified atom stereocenters. The van der Waals surface area contributed by atoms with Gasteiger partial charge in [-0.3, -0.25) is 18.6 Å². The highest BCUT2D eigenvalue weighted by Crippen LogP contribution is 2.43. The third-order valence-corrected chi connectivity index (χ3v) is 8.84. The van der Waals surface area contributed by atoms with Crippen molar-refractivity contribution >= 4 is 19.8 Å². The van der Waals surface area contributed by atoms with E-state index >= 15 is 0 Å². The molecule has 0 aromatic rings. The first-order valence-electron chi connectivity index (χ1n) is 19.2. The van der Waals surface area contributed by atoms with E-state index in [1.54, 1.807) is 0 Å². The fourth-order valence-corrected chi connectivity index (χ4v) is 5.69. The summed E-state index contributed by atoms with van der Waals surface area (Å²) in [6, 6.07) is -1.48. The van der Waals surface area contributed by atoms with Gasteiger partial charge in [-0.05, 0) is 38.5 Å². The van der Waals surface area contributed by atoms with Crippen LogP contribution in [-0.4, -0.2) is 60.5 Å². The second-order valence-electron chi connectivity index (χ2n) is 12.7. The van der Waals surface area contributed by atoms with Crippen molar-refractivity contribution in [1.29, 1.82) is 0 Å². The third-order valence-electron chi connectivity index (χ3n) is 7.89. The summed E-state index contributed by atoms with van der Waals surface area (Å²) in [7, 11) is -4.63. The zero-order valence-electron chi connectivity index (χ0n) is 31.2. The van der Waals surface area contributed by atoms with Crippen molar-refractivity contribution in [2.75, 3.05) is 26.4 Å². The van der Waals surface area contributed by atoms with E-state index in [4.69, 9.17) is 24.8 Å². The van der Waals surface area contributed by atoms with Crippen molar-refractivity contribution in [3.63, 3.8) is 0 Å². The number of aliphatic carboxylic acids is 1. The van der Waals surface area contributed by atoms with Crippen LogP contribution in [-0.2, 0) is 32.7 Å². The Morgan fingerprint density at radius 2 is 1.12 bits per heavy atom. The fraction of sp³-hybridized carbons (Fsp3) is 0.744. The number of allylic oxidation sites excluding steroid dienone is 8. The van der Waals surface area contributed by atoms with Crippen molar-refractivity contribution in [3.05, 3.63) is 48.6 Å². The van der Waals surface area contributed by atoms with E-state index in [1.807, 2.05) is 12.2 Å². The molecule has 0 radical (unpaired) electrons. The molecule has 0 aliphatic rings. The highest BCUT2D eigenvalue weighted by atomic mass is 31.2. The molecule has 0 bridgehead atoms. The van der Waals surface area contributed by atoms with E-state index in [9.17, 15) is 19.0 Å². The molecule has 10 nitrogen and oxygen atoms in total. The summed E-state index contributed by atoms with van der Waals surface area (Å²) in [4.78, 5) is 33.3. The van der Waals surface area contributed by atoms with Gasteiger partial charge in [-0.1, -0.05) is 152 Å². The van der Waals surface area contributed by atoms with E-state index in [-0.39, 0.29) is 13.0 Å². The van der Waals surface area contributed by atoms with Gasteiger partial charge in [0.2, 0.25) is 0 Å². The zero-order chi connectivity index (χ0) is 37.0. The maximum Gasteiger partial charge on any atom is 0.472 e. The monoisotopic (exact) mass is 727 g/mol. The predicted molar refractivity (Wildman–Crippen MR) is 203 cm³/mol. The van der Waals surface area contributed by atoms with E-state index < -0.39 is 45.1 Å². The van der Waals surface area contributed by atoms with Crippen molar-refractivity contribution in [2.45, 2.75) is 161 Å². The van der Waals surface area contributed by atoms with Crippen molar-refractivity contribution in [2.24, 2.45) is 5.73 Å². The van der Waals surface area contributed by atoms with Crippen LogP contribution in [0.4, 0.5) is 0 Å². The molecule has 0 saturated heterocycles. The van der Waals surface area contributed by atoms with Crippen LogP contribution < -0.4 is 5.73 Å². The van der Waals surface area contributed by atoms with E-state index in [2.05, 4.69) is 54.8 Å². The van der Waals surface area contributed by atoms with Gasteiger partial charge in [0.05, 0.1) is 19.8 Å². The zero-order valence-corrected chi connectivity index (χ0v) is 32.1. The average Bonchev–Trinajstić information content (AvgIpc) is 3.09. The smallest absolute Gasteiger partial charge is 0.472 e. The molecule has 0 fully saturated rings. The Morgan fingerprint density at radius 1 is 0.660 bits per heavy atom. The maximum absolute atomic E-state index is 12.5. The Kier molecular flexibility index (Phi) is 33.9. The van der Waals surface area contributed by atoms with Crippen LogP contribution >= 0.6 is 7.82 Å². The van der Waals surface area contributed by atoms with Gasteiger partial charge >= 0.3 is 19.8 Å². The second-order valence-corrected chi connectivity index (χ2v) is 14.1. The molecule has 0 aliphatic heterocycles. The highest BCUT2D eigenvalue weighted by Gasteiger charge is 2.27. The van der Waals surface area contributed by atoms with Crippen LogP contribution in [0, 0.1) is 0 Å². The van der Waals surface area contributed by atoms with Crippen LogP contribution in [0.25, 0.3) is 0 Å². The summed E-state index contributed by atoms with van der Waals surface area (Å²) < 4.78 is 33.1. The van der Waals surface area contributed by atoms with Crippen LogP contribution in [0.15, 0.2) is 48.6 Å². The summed E-state index contributed by atoms with van der Waals surface area (Å²) >= 11 is 0. The lowest BCUT2D eigenvalue weighted by molar-refractivity contribution is -0.154. The molecule has 0 amide bonds. The number of esters is 1. The molecular weight excluding hydrogens is 657 g/mol. The van der Waals surface area contributed by atoms with Gasteiger partial charge < -0.3 is 25.2 Å². The lowest BCUT2D eigenvalue weighted by Gasteiger charge is -2.20. The number of carbonyl (C=O) groups is 2. The van der Waals surface area contributed by atoms with E-state index in [0.29, 0.717) is 13.0 Å². The third kappa shape index (κ3) is 34.4. The molecule has 4 N–H and O–H groups in total. The largest absolute Gasteiger partial charge is 0.480 e. The standard InChI is InChI=1S/C39H70NO9P/c1-3-5-7-9-11-13-15-17-18-20-22-24-26-28-30-32-46-33-36(34-47-50(44,45)48-35-37(40)39(42)43)49-38(41)31-29-27-25-23-21-19-16-14-12-10-8-6-4-2/h6,8,12,14,19,21,25,27,36-37H,3-5,7,9-11,13,15-18,20,22-24,26,28-35,40H2,1-2H3,(H,42,43)(H,44,45)/b8-6-,14-12-,21-19-,27-25-. The van der Waals surface area contributed by atoms with Crippen molar-refractivity contribution in [3.8, 4) is 0 Å². The van der Waals surface area contributed by atoms with Gasteiger partial charge in [0.1, 0.15) is 12.1 Å². The molecule has 0 aliphatic carbocycles. The van der Waals surface area contributed by atoms with Crippen molar-refractivity contribution < 1.29 is 42.7 Å². The fourth-order valence-electron chi connectivity index (χ4n) is 4.91. The van der Waals surface area contributed by atoms with E-state index in [0.717, 1.165) is 44.9 Å². The van der Waals surface area contributed by atoms with Crippen LogP contribution in [0.5, 0.6) is 0 Å². The number of nitrogens with two attached hydrogens (primary N) is 1. The first kappa shape index (κ1) is 47.9. The number of rotatable bonds is 36. The average molecular weight is 728 g/mol. The lowest BCUT2D eigenvalue weighted by Crippen LogP contribution is -2.34. The number of carboxylic acid groups (broad SMARTS) is 1. The number of ether oxygens (including phenoxy) is 2. The van der Waals surface area contributed by atoms with Crippen LogP contribution in [0.2, 0.25) is 0 Å². The topological polar surface area (TPSA) is 155 Å². The molecule has 0 rings (SSSR count). The first-order chi connectivity index (χ1) is 24.2. The minimum absolute atomic E-state index is 0.0110. The number of hydrogen-bond donors (Lipinski definition) is 3. The Hall–Kier alpha value is -2.07. The van der Waals surface area contributed by atoms with Gasteiger partial charge in [0.25, 0.3) is 0 Å². The van der Waals surface area contributed by atoms with Gasteiger partial charge in [-0.2, -0.15) is 0 Å². The highest BCUT2D eigenvalue weighted by molar-refractivity contribution is 7.47.